The molecular formula is C96H98BBr2IN2O4Si. The van der Waals surface area contributed by atoms with Crippen LogP contribution >= 0.6 is 54.5 Å². The summed E-state index contributed by atoms with van der Waals surface area (Å²) in [6.07, 6.45) is 13.2. The molecule has 2 aliphatic rings. The number of allylic oxidation sites excluding steroid dienone is 5. The SMILES string of the molecule is CC(=O)[O-].CCc1c2ccccc2c(CC)c2cc(-c3cccc(Br)c3C)ccc12.CCc1c2ccccc2c(CC)c2cc(-c3cccc(C4=C5C=CC(=[N+](C)C)C=C5[Si](C)(C)c5cc(N(C)C)ccc54)c3C)ccc12.CCc1c2ccccc2c(CC)c2cc(B(O)O)ccc12.Cc1c(Br)cccc1I. The Bertz CT molecular complexity index is 5720. The number of carboxylic acids is 1. The highest BCUT2D eigenvalue weighted by Gasteiger charge is 2.41. The van der Waals surface area contributed by atoms with Crippen molar-refractivity contribution in [3.63, 3.8) is 0 Å². The Labute approximate surface area is 665 Å². The molecular weight excluding hydrogens is 1570 g/mol. The van der Waals surface area contributed by atoms with Gasteiger partial charge in [0, 0.05) is 50.4 Å². The van der Waals surface area contributed by atoms with Gasteiger partial charge in [0.05, 0.1) is 0 Å². The van der Waals surface area contributed by atoms with E-state index < -0.39 is 21.2 Å². The number of carbonyl (C=O) groups excluding carboxylic acids is 1. The Morgan fingerprint density at radius 2 is 0.850 bits per heavy atom. The molecule has 0 saturated heterocycles. The van der Waals surface area contributed by atoms with Crippen LogP contribution in [0.15, 0.2) is 238 Å². The van der Waals surface area contributed by atoms with Gasteiger partial charge in [-0.3, -0.25) is 0 Å². The second-order valence-electron chi connectivity index (χ2n) is 28.8. The number of carbonyl (C=O) groups is 1. The number of aliphatic carboxylic acids is 1. The van der Waals surface area contributed by atoms with Crippen LogP contribution in [-0.4, -0.2) is 69.7 Å². The lowest BCUT2D eigenvalue weighted by Crippen LogP contribution is -2.49. The van der Waals surface area contributed by atoms with Crippen LogP contribution in [-0.2, 0) is 43.3 Å². The molecule has 0 radical (unpaired) electrons. The molecule has 544 valence electrons. The number of nitrogens with zero attached hydrogens (tertiary/aromatic N) is 2. The second kappa shape index (κ2) is 34.4. The first-order chi connectivity index (χ1) is 51.3. The van der Waals surface area contributed by atoms with Crippen molar-refractivity contribution in [1.29, 1.82) is 0 Å². The number of halogens is 3. The summed E-state index contributed by atoms with van der Waals surface area (Å²) in [6, 6.07) is 73.1. The Morgan fingerprint density at radius 3 is 1.26 bits per heavy atom. The Hall–Kier alpha value is -8.53. The molecule has 15 rings (SSSR count). The van der Waals surface area contributed by atoms with Crippen molar-refractivity contribution in [1.82, 2.24) is 0 Å². The molecule has 2 N–H and O–H groups in total. The lowest BCUT2D eigenvalue weighted by atomic mass is 9.77. The number of anilines is 1. The Balaban J connectivity index is 0.000000159. The molecule has 13 aromatic rings. The van der Waals surface area contributed by atoms with Gasteiger partial charge in [-0.1, -0.05) is 244 Å². The average Bonchev–Trinajstić information content (AvgIpc) is 0.722. The highest BCUT2D eigenvalue weighted by Crippen LogP contribution is 2.46. The fourth-order valence-corrected chi connectivity index (χ4v) is 20.9. The average molecular weight is 1670 g/mol. The molecule has 0 atom stereocenters. The van der Waals surface area contributed by atoms with Crippen molar-refractivity contribution in [3.05, 3.63) is 303 Å². The topological polar surface area (TPSA) is 86.8 Å². The summed E-state index contributed by atoms with van der Waals surface area (Å²) in [5.41, 5.74) is 26.1. The fourth-order valence-electron chi connectivity index (χ4n) is 16.3. The summed E-state index contributed by atoms with van der Waals surface area (Å²) in [7, 11) is 5.17. The third kappa shape index (κ3) is 16.0. The van der Waals surface area contributed by atoms with E-state index in [1.165, 1.54) is 188 Å². The fraction of sp³-hybridized carbons (Fsp3) is 0.229. The highest BCUT2D eigenvalue weighted by atomic mass is 127. The van der Waals surface area contributed by atoms with E-state index in [4.69, 9.17) is 9.90 Å². The third-order valence-electron chi connectivity index (χ3n) is 21.8. The van der Waals surface area contributed by atoms with Crippen molar-refractivity contribution >= 4 is 168 Å². The molecule has 0 fully saturated rings. The van der Waals surface area contributed by atoms with Gasteiger partial charge < -0.3 is 24.8 Å². The molecule has 1 aliphatic heterocycles. The van der Waals surface area contributed by atoms with Gasteiger partial charge in [0.25, 0.3) is 0 Å². The molecule has 0 amide bonds. The van der Waals surface area contributed by atoms with Crippen LogP contribution in [0.3, 0.4) is 0 Å². The summed E-state index contributed by atoms with van der Waals surface area (Å²) >= 11 is 9.44. The predicted octanol–water partition coefficient (Wildman–Crippen LogP) is 22.4. The molecule has 0 unspecified atom stereocenters. The van der Waals surface area contributed by atoms with Gasteiger partial charge in [0.15, 0.2) is 5.71 Å². The van der Waals surface area contributed by atoms with E-state index in [1.54, 1.807) is 6.07 Å². The second-order valence-corrected chi connectivity index (χ2v) is 36.0. The quantitative estimate of drug-likeness (QED) is 0.0583. The maximum Gasteiger partial charge on any atom is 0.488 e. The molecule has 6 nitrogen and oxygen atoms in total. The van der Waals surface area contributed by atoms with Gasteiger partial charge in [-0.2, -0.15) is 0 Å². The summed E-state index contributed by atoms with van der Waals surface area (Å²) in [5, 5.41) is 47.0. The smallest absolute Gasteiger partial charge is 0.488 e. The number of hydrogen-bond donors (Lipinski definition) is 2. The minimum absolute atomic E-state index is 0.550. The van der Waals surface area contributed by atoms with Gasteiger partial charge >= 0.3 is 7.12 Å². The molecule has 1 heterocycles. The van der Waals surface area contributed by atoms with Crippen LogP contribution in [0.4, 0.5) is 5.69 Å². The highest BCUT2D eigenvalue weighted by molar-refractivity contribution is 14.1. The maximum atomic E-state index is 9.44. The molecule has 0 spiro atoms. The molecule has 13 aromatic carbocycles. The van der Waals surface area contributed by atoms with Crippen LogP contribution in [0, 0.1) is 24.3 Å². The number of rotatable bonds is 11. The number of aryl methyl sites for hydroxylation is 6. The summed E-state index contributed by atoms with van der Waals surface area (Å²) < 4.78 is 5.90. The number of fused-ring (bicyclic) bond motifs is 8. The molecule has 0 saturated carbocycles. The van der Waals surface area contributed by atoms with Gasteiger partial charge in [-0.05, 0) is 312 Å². The summed E-state index contributed by atoms with van der Waals surface area (Å²) in [4.78, 5) is 11.1. The minimum Gasteiger partial charge on any atom is -0.550 e. The van der Waals surface area contributed by atoms with E-state index in [9.17, 15) is 10.0 Å². The van der Waals surface area contributed by atoms with Crippen LogP contribution in [0.1, 0.15) is 110 Å². The zero-order valence-electron chi connectivity index (χ0n) is 64.8. The number of benzene rings is 13. The van der Waals surface area contributed by atoms with Crippen LogP contribution < -0.4 is 20.7 Å². The summed E-state index contributed by atoms with van der Waals surface area (Å²) in [5.74, 6) is -1.08. The minimum atomic E-state index is -2.00. The number of hydrogen-bond acceptors (Lipinski definition) is 5. The van der Waals surface area contributed by atoms with Crippen molar-refractivity contribution < 1.29 is 24.5 Å². The van der Waals surface area contributed by atoms with E-state index >= 15 is 0 Å². The molecule has 0 bridgehead atoms. The standard InChI is InChI=1S/C44H47N2Si.C25H23Br.C18H19BO2.C7H6BrI.C2H4O2/c1-10-32-36-15-12-13-16-37(36)33(11-2)41-25-29(19-22-38(32)41)34-17-14-18-35(28(34)3)44-39-23-20-30(45(4)5)26-42(39)47(8,9)43-27-31(46(6)7)21-24-40(43)44;1-4-18-21-9-6-7-10-22(21)19(5-2)24-15-17(13-14-23(18)24)20-11-8-12-25(26)16(20)3;1-3-13-15-7-5-6-8-16(15)14(4-2)18-11-12(19(20)21)9-10-17(13)18;1-5-6(8)3-2-4-7(5)9;1-2(3)4/h12-27H,10-11H2,1-9H3;6-15H,4-5H2,1-3H3;5-11,20-21H,3-4H2,1-2H3;2-4H,1H3;1H3,(H,3,4)/q+1;;;;/p-1. The van der Waals surface area contributed by atoms with Crippen molar-refractivity contribution in [2.75, 3.05) is 33.1 Å². The zero-order valence-corrected chi connectivity index (χ0v) is 71.2. The Morgan fingerprint density at radius 1 is 0.467 bits per heavy atom. The lowest BCUT2D eigenvalue weighted by Gasteiger charge is -2.38. The van der Waals surface area contributed by atoms with Gasteiger partial charge in [-0.25, -0.2) is 4.58 Å². The van der Waals surface area contributed by atoms with Gasteiger partial charge in [-0.15, -0.1) is 0 Å². The van der Waals surface area contributed by atoms with E-state index in [-0.39, 0.29) is 0 Å². The Kier molecular flexibility index (Phi) is 25.5. The van der Waals surface area contributed by atoms with E-state index in [2.05, 4.69) is 362 Å². The van der Waals surface area contributed by atoms with Crippen molar-refractivity contribution in [2.45, 2.75) is 121 Å². The first-order valence-electron chi connectivity index (χ1n) is 37.5. The molecule has 11 heteroatoms. The monoisotopic (exact) mass is 1670 g/mol. The zero-order chi connectivity index (χ0) is 76.9. The van der Waals surface area contributed by atoms with Crippen molar-refractivity contribution in [2.24, 2.45) is 0 Å². The third-order valence-corrected chi connectivity index (χ3v) is 28.2. The molecule has 1 aliphatic carbocycles. The molecule has 107 heavy (non-hydrogen) atoms. The lowest BCUT2D eigenvalue weighted by molar-refractivity contribution is -0.462. The van der Waals surface area contributed by atoms with Crippen LogP contribution in [0.25, 0.3) is 92.5 Å². The number of carboxylic acid groups (broad SMARTS) is 1. The first kappa shape index (κ1) is 79.5. The first-order valence-corrected chi connectivity index (χ1v) is 43.2. The van der Waals surface area contributed by atoms with Gasteiger partial charge in [0.2, 0.25) is 0 Å². The van der Waals surface area contributed by atoms with Crippen molar-refractivity contribution in [3.8, 4) is 22.3 Å². The van der Waals surface area contributed by atoms with E-state index in [1.807, 2.05) is 18.2 Å². The maximum absolute atomic E-state index is 9.44. The molecule has 0 aromatic heterocycles. The summed E-state index contributed by atoms with van der Waals surface area (Å²) in [6.45, 7) is 26.1. The van der Waals surface area contributed by atoms with E-state index in [0.29, 0.717) is 5.46 Å². The van der Waals surface area contributed by atoms with E-state index in [0.717, 1.165) is 50.8 Å². The van der Waals surface area contributed by atoms with Crippen LogP contribution in [0.5, 0.6) is 0 Å². The van der Waals surface area contributed by atoms with Gasteiger partial charge in [0.1, 0.15) is 22.2 Å². The predicted molar refractivity (Wildman–Crippen MR) is 479 cm³/mol. The largest absolute Gasteiger partial charge is 0.550 e. The van der Waals surface area contributed by atoms with Crippen LogP contribution in [0.2, 0.25) is 13.1 Å². The normalized spacial score (nSPS) is 12.7.